The van der Waals surface area contributed by atoms with E-state index in [-0.39, 0.29) is 5.91 Å². The summed E-state index contributed by atoms with van der Waals surface area (Å²) in [6, 6.07) is 10.00. The zero-order valence-corrected chi connectivity index (χ0v) is 16.3. The van der Waals surface area contributed by atoms with Crippen LogP contribution < -0.4 is 9.64 Å². The van der Waals surface area contributed by atoms with Gasteiger partial charge in [-0.15, -0.1) is 0 Å². The van der Waals surface area contributed by atoms with E-state index in [4.69, 9.17) is 9.72 Å². The van der Waals surface area contributed by atoms with Crippen molar-refractivity contribution in [2.45, 2.75) is 13.3 Å². The van der Waals surface area contributed by atoms with E-state index in [1.165, 1.54) is 4.70 Å². The fraction of sp³-hybridized carbons (Fsp3) is 0.350. The maximum absolute atomic E-state index is 13.1. The first-order valence-electron chi connectivity index (χ1n) is 9.06. The number of pyridine rings is 1. The molecule has 27 heavy (non-hydrogen) atoms. The minimum atomic E-state index is 0.00324. The van der Waals surface area contributed by atoms with Crippen molar-refractivity contribution in [3.63, 3.8) is 0 Å². The van der Waals surface area contributed by atoms with E-state index in [0.29, 0.717) is 17.9 Å². The van der Waals surface area contributed by atoms with Crippen molar-refractivity contribution in [1.82, 2.24) is 14.9 Å². The number of para-hydroxylation sites is 1. The molecule has 1 aliphatic heterocycles. The maximum Gasteiger partial charge on any atom is 0.257 e. The van der Waals surface area contributed by atoms with Gasteiger partial charge in [-0.1, -0.05) is 23.5 Å². The molecule has 140 valence electrons. The molecule has 1 saturated heterocycles. The number of amides is 1. The quantitative estimate of drug-likeness (QED) is 0.695. The fourth-order valence-corrected chi connectivity index (χ4v) is 4.37. The Morgan fingerprint density at radius 1 is 1.19 bits per heavy atom. The number of hydrogen-bond donors (Lipinski definition) is 0. The molecule has 0 spiro atoms. The molecule has 0 unspecified atom stereocenters. The van der Waals surface area contributed by atoms with Crippen LogP contribution in [0, 0.1) is 6.92 Å². The Morgan fingerprint density at radius 3 is 2.85 bits per heavy atom. The van der Waals surface area contributed by atoms with Gasteiger partial charge in [0.05, 0.1) is 29.1 Å². The Labute approximate surface area is 162 Å². The van der Waals surface area contributed by atoms with Crippen LogP contribution in [0.3, 0.4) is 0 Å². The second-order valence-electron chi connectivity index (χ2n) is 6.62. The number of carbonyl (C=O) groups is 1. The number of ether oxygens (including phenoxy) is 1. The van der Waals surface area contributed by atoms with E-state index >= 15 is 0 Å². The van der Waals surface area contributed by atoms with Crippen LogP contribution in [0.5, 0.6) is 5.75 Å². The maximum atomic E-state index is 13.1. The predicted octanol–water partition coefficient (Wildman–Crippen LogP) is 3.36. The molecule has 1 amide bonds. The minimum absolute atomic E-state index is 0.00324. The highest BCUT2D eigenvalue weighted by Crippen LogP contribution is 2.29. The Balaban J connectivity index is 1.51. The number of fused-ring (bicyclic) bond motifs is 1. The highest BCUT2D eigenvalue weighted by Gasteiger charge is 2.24. The molecule has 1 aromatic carbocycles. The summed E-state index contributed by atoms with van der Waals surface area (Å²) in [7, 11) is 1.57. The molecule has 2 aromatic heterocycles. The number of carbonyl (C=O) groups excluding carboxylic acids is 1. The van der Waals surface area contributed by atoms with Crippen molar-refractivity contribution in [1.29, 1.82) is 0 Å². The van der Waals surface area contributed by atoms with Crippen molar-refractivity contribution in [3.8, 4) is 5.75 Å². The molecule has 3 aromatic rings. The summed E-state index contributed by atoms with van der Waals surface area (Å²) in [5.74, 6) is 0.529. The van der Waals surface area contributed by atoms with Crippen LogP contribution >= 0.6 is 11.3 Å². The molecule has 3 heterocycles. The first kappa shape index (κ1) is 17.7. The summed E-state index contributed by atoms with van der Waals surface area (Å²) >= 11 is 1.71. The van der Waals surface area contributed by atoms with Gasteiger partial charge in [0.15, 0.2) is 5.13 Å². The van der Waals surface area contributed by atoms with Crippen molar-refractivity contribution in [2.75, 3.05) is 38.2 Å². The lowest BCUT2D eigenvalue weighted by molar-refractivity contribution is 0.0763. The second-order valence-corrected chi connectivity index (χ2v) is 7.63. The van der Waals surface area contributed by atoms with Gasteiger partial charge in [0.25, 0.3) is 5.91 Å². The lowest BCUT2D eigenvalue weighted by Gasteiger charge is -2.22. The Kier molecular flexibility index (Phi) is 4.94. The van der Waals surface area contributed by atoms with Crippen LogP contribution in [-0.4, -0.2) is 54.1 Å². The molecule has 6 nitrogen and oxygen atoms in total. The van der Waals surface area contributed by atoms with Crippen molar-refractivity contribution in [3.05, 3.63) is 47.8 Å². The molecule has 7 heteroatoms. The third kappa shape index (κ3) is 3.60. The predicted molar refractivity (Wildman–Crippen MR) is 108 cm³/mol. The molecular formula is C20H22N4O2S. The molecule has 1 fully saturated rings. The first-order chi connectivity index (χ1) is 13.2. The van der Waals surface area contributed by atoms with Gasteiger partial charge in [-0.25, -0.2) is 4.98 Å². The third-order valence-electron chi connectivity index (χ3n) is 4.79. The van der Waals surface area contributed by atoms with Gasteiger partial charge in [0, 0.05) is 31.9 Å². The Bertz CT molecular complexity index is 939. The second kappa shape index (κ2) is 7.52. The standard InChI is InChI=1S/C20H22N4O2S/c1-14-12-15(17(26-2)13-21-14)19(25)23-8-5-9-24(11-10-23)20-22-16-6-3-4-7-18(16)27-20/h3-4,6-7,12-13H,5,8-11H2,1-2H3. The zero-order chi connectivity index (χ0) is 18.8. The van der Waals surface area contributed by atoms with E-state index in [1.54, 1.807) is 30.7 Å². The molecular weight excluding hydrogens is 360 g/mol. The number of nitrogens with zero attached hydrogens (tertiary/aromatic N) is 4. The molecule has 4 rings (SSSR count). The monoisotopic (exact) mass is 382 g/mol. The van der Waals surface area contributed by atoms with Crippen LogP contribution in [-0.2, 0) is 0 Å². The number of anilines is 1. The number of methoxy groups -OCH3 is 1. The topological polar surface area (TPSA) is 58.6 Å². The van der Waals surface area contributed by atoms with E-state index < -0.39 is 0 Å². The third-order valence-corrected chi connectivity index (χ3v) is 5.89. The van der Waals surface area contributed by atoms with E-state index in [1.807, 2.05) is 30.0 Å². The summed E-state index contributed by atoms with van der Waals surface area (Å²) < 4.78 is 6.53. The fourth-order valence-electron chi connectivity index (χ4n) is 3.35. The largest absolute Gasteiger partial charge is 0.494 e. The van der Waals surface area contributed by atoms with Crippen LogP contribution in [0.2, 0.25) is 0 Å². The molecule has 0 saturated carbocycles. The molecule has 0 atom stereocenters. The van der Waals surface area contributed by atoms with E-state index in [9.17, 15) is 4.79 Å². The van der Waals surface area contributed by atoms with Gasteiger partial charge in [0.2, 0.25) is 0 Å². The summed E-state index contributed by atoms with van der Waals surface area (Å²) in [5.41, 5.74) is 2.43. The molecule has 0 aliphatic carbocycles. The molecule has 0 radical (unpaired) electrons. The summed E-state index contributed by atoms with van der Waals surface area (Å²) in [6.45, 7) is 4.95. The number of rotatable bonds is 3. The molecule has 1 aliphatic rings. The number of thiazole rings is 1. The highest BCUT2D eigenvalue weighted by atomic mass is 32.1. The SMILES string of the molecule is COc1cnc(C)cc1C(=O)N1CCCN(c2nc3ccccc3s2)CC1. The van der Waals surface area contributed by atoms with Crippen LogP contribution in [0.4, 0.5) is 5.13 Å². The van der Waals surface area contributed by atoms with Gasteiger partial charge in [-0.3, -0.25) is 9.78 Å². The minimum Gasteiger partial charge on any atom is -0.494 e. The van der Waals surface area contributed by atoms with Crippen molar-refractivity contribution < 1.29 is 9.53 Å². The Hall–Kier alpha value is -2.67. The smallest absolute Gasteiger partial charge is 0.257 e. The van der Waals surface area contributed by atoms with Crippen LogP contribution in [0.25, 0.3) is 10.2 Å². The zero-order valence-electron chi connectivity index (χ0n) is 15.5. The lowest BCUT2D eigenvalue weighted by Crippen LogP contribution is -2.35. The normalized spacial score (nSPS) is 15.0. The number of benzene rings is 1. The highest BCUT2D eigenvalue weighted by molar-refractivity contribution is 7.22. The molecule has 0 N–H and O–H groups in total. The average molecular weight is 382 g/mol. The van der Waals surface area contributed by atoms with E-state index in [2.05, 4.69) is 16.0 Å². The van der Waals surface area contributed by atoms with Gasteiger partial charge in [0.1, 0.15) is 5.75 Å². The summed E-state index contributed by atoms with van der Waals surface area (Å²) in [4.78, 5) is 26.2. The average Bonchev–Trinajstić information content (AvgIpc) is 2.97. The van der Waals surface area contributed by atoms with Gasteiger partial charge in [-0.05, 0) is 31.5 Å². The van der Waals surface area contributed by atoms with E-state index in [0.717, 1.165) is 42.4 Å². The van der Waals surface area contributed by atoms with Crippen molar-refractivity contribution >= 4 is 32.6 Å². The molecule has 0 bridgehead atoms. The number of hydrogen-bond acceptors (Lipinski definition) is 6. The van der Waals surface area contributed by atoms with Crippen LogP contribution in [0.15, 0.2) is 36.5 Å². The van der Waals surface area contributed by atoms with Gasteiger partial charge in [-0.2, -0.15) is 0 Å². The van der Waals surface area contributed by atoms with Gasteiger partial charge >= 0.3 is 0 Å². The van der Waals surface area contributed by atoms with Gasteiger partial charge < -0.3 is 14.5 Å². The summed E-state index contributed by atoms with van der Waals surface area (Å²) in [5, 5.41) is 1.03. The first-order valence-corrected chi connectivity index (χ1v) is 9.88. The lowest BCUT2D eigenvalue weighted by atomic mass is 10.2. The Morgan fingerprint density at radius 2 is 2.04 bits per heavy atom. The van der Waals surface area contributed by atoms with Crippen molar-refractivity contribution in [2.24, 2.45) is 0 Å². The summed E-state index contributed by atoms with van der Waals surface area (Å²) in [6.07, 6.45) is 2.53. The van der Waals surface area contributed by atoms with Crippen LogP contribution in [0.1, 0.15) is 22.5 Å². The number of aryl methyl sites for hydroxylation is 1. The number of aromatic nitrogens is 2.